The van der Waals surface area contributed by atoms with Crippen molar-refractivity contribution >= 4 is 17.2 Å². The number of carbonyl (C=O) groups is 1. The van der Waals surface area contributed by atoms with Crippen LogP contribution < -0.4 is 4.74 Å². The number of carbonyl (C=O) groups excluding carboxylic acids is 1. The maximum Gasteiger partial charge on any atom is 0.254 e. The van der Waals surface area contributed by atoms with Crippen LogP contribution in [0.2, 0.25) is 0 Å². The lowest BCUT2D eigenvalue weighted by Gasteiger charge is -2.31. The van der Waals surface area contributed by atoms with E-state index in [-0.39, 0.29) is 5.91 Å². The third-order valence-electron chi connectivity index (χ3n) is 4.09. The van der Waals surface area contributed by atoms with E-state index in [1.165, 1.54) is 4.88 Å². The lowest BCUT2D eigenvalue weighted by atomic mass is 9.98. The van der Waals surface area contributed by atoms with E-state index in [9.17, 15) is 4.79 Å². The fourth-order valence-corrected chi connectivity index (χ4v) is 3.76. The van der Waals surface area contributed by atoms with Crippen molar-refractivity contribution < 1.29 is 14.1 Å². The average Bonchev–Trinajstić information content (AvgIpc) is 3.21. The molecule has 1 fully saturated rings. The molecule has 3 heterocycles. The van der Waals surface area contributed by atoms with Crippen LogP contribution in [0.15, 0.2) is 16.8 Å². The number of methoxy groups -OCH3 is 1. The summed E-state index contributed by atoms with van der Waals surface area (Å²) in [5.41, 5.74) is 0. The van der Waals surface area contributed by atoms with Crippen molar-refractivity contribution in [1.82, 2.24) is 15.0 Å². The van der Waals surface area contributed by atoms with Crippen LogP contribution in [-0.2, 0) is 11.2 Å². The van der Waals surface area contributed by atoms with Crippen molar-refractivity contribution in [1.29, 1.82) is 0 Å². The summed E-state index contributed by atoms with van der Waals surface area (Å²) in [6.07, 6.45) is 5.04. The zero-order valence-corrected chi connectivity index (χ0v) is 14.3. The topological polar surface area (TPSA) is 68.5 Å². The molecule has 124 valence electrons. The van der Waals surface area contributed by atoms with Gasteiger partial charge in [-0.05, 0) is 24.9 Å². The minimum atomic E-state index is 0.165. The highest BCUT2D eigenvalue weighted by Gasteiger charge is 2.26. The Morgan fingerprint density at radius 1 is 1.57 bits per heavy atom. The van der Waals surface area contributed by atoms with E-state index >= 15 is 0 Å². The number of likely N-dealkylation sites (tertiary alicyclic amines) is 1. The smallest absolute Gasteiger partial charge is 0.254 e. The van der Waals surface area contributed by atoms with E-state index in [0.29, 0.717) is 30.4 Å². The number of aryl methyl sites for hydroxylation is 2. The predicted molar refractivity (Wildman–Crippen MR) is 86.8 cm³/mol. The van der Waals surface area contributed by atoms with E-state index in [1.54, 1.807) is 24.5 Å². The fraction of sp³-hybridized carbons (Fsp3) is 0.562. The summed E-state index contributed by atoms with van der Waals surface area (Å²) < 4.78 is 10.1. The van der Waals surface area contributed by atoms with E-state index in [0.717, 1.165) is 30.9 Å². The molecule has 1 aliphatic heterocycles. The number of nitrogens with zero attached hydrogens (tertiary/aromatic N) is 3. The van der Waals surface area contributed by atoms with Crippen LogP contribution in [0.3, 0.4) is 0 Å². The monoisotopic (exact) mass is 335 g/mol. The van der Waals surface area contributed by atoms with E-state index in [1.807, 2.05) is 11.1 Å². The maximum atomic E-state index is 12.4. The van der Waals surface area contributed by atoms with Gasteiger partial charge in [0.15, 0.2) is 0 Å². The molecule has 2 aromatic rings. The summed E-state index contributed by atoms with van der Waals surface area (Å²) in [4.78, 5) is 20.1. The zero-order chi connectivity index (χ0) is 16.2. The molecular formula is C16H21N3O3S. The fourth-order valence-electron chi connectivity index (χ4n) is 2.86. The lowest BCUT2D eigenvalue weighted by Crippen LogP contribution is -2.39. The lowest BCUT2D eigenvalue weighted by molar-refractivity contribution is -0.132. The molecule has 0 N–H and O–H groups in total. The molecular weight excluding hydrogens is 314 g/mol. The molecule has 0 radical (unpaired) electrons. The number of rotatable bonds is 5. The summed E-state index contributed by atoms with van der Waals surface area (Å²) in [6.45, 7) is 3.67. The van der Waals surface area contributed by atoms with Crippen molar-refractivity contribution in [2.75, 3.05) is 20.2 Å². The Bertz CT molecular complexity index is 667. The van der Waals surface area contributed by atoms with E-state index < -0.39 is 0 Å². The minimum absolute atomic E-state index is 0.165. The van der Waals surface area contributed by atoms with Crippen molar-refractivity contribution in [2.24, 2.45) is 0 Å². The molecule has 0 aliphatic carbocycles. The predicted octanol–water partition coefficient (Wildman–Crippen LogP) is 2.79. The number of aromatic nitrogens is 2. The number of ether oxygens (including phenoxy) is 1. The van der Waals surface area contributed by atoms with Crippen LogP contribution in [0.5, 0.6) is 5.88 Å². The van der Waals surface area contributed by atoms with Crippen LogP contribution >= 0.6 is 11.3 Å². The molecule has 1 atom stereocenters. The second-order valence-corrected chi connectivity index (χ2v) is 7.09. The van der Waals surface area contributed by atoms with Gasteiger partial charge in [-0.1, -0.05) is 0 Å². The Kier molecular flexibility index (Phi) is 4.95. The summed E-state index contributed by atoms with van der Waals surface area (Å²) >= 11 is 1.74. The molecule has 0 bridgehead atoms. The van der Waals surface area contributed by atoms with Gasteiger partial charge in [0, 0.05) is 49.0 Å². The van der Waals surface area contributed by atoms with Gasteiger partial charge in [-0.2, -0.15) is 0 Å². The van der Waals surface area contributed by atoms with Crippen LogP contribution in [0.4, 0.5) is 0 Å². The van der Waals surface area contributed by atoms with Crippen LogP contribution in [0.1, 0.15) is 40.8 Å². The molecule has 0 spiro atoms. The highest BCUT2D eigenvalue weighted by molar-refractivity contribution is 7.11. The summed E-state index contributed by atoms with van der Waals surface area (Å²) in [6, 6.07) is 1.73. The van der Waals surface area contributed by atoms with Crippen LogP contribution in [0, 0.1) is 6.92 Å². The Labute approximate surface area is 139 Å². The van der Waals surface area contributed by atoms with Crippen molar-refractivity contribution in [3.05, 3.63) is 27.9 Å². The van der Waals surface area contributed by atoms with Crippen LogP contribution in [0.25, 0.3) is 0 Å². The Morgan fingerprint density at radius 2 is 2.43 bits per heavy atom. The zero-order valence-electron chi connectivity index (χ0n) is 13.4. The molecule has 0 aromatic carbocycles. The molecule has 23 heavy (non-hydrogen) atoms. The first kappa shape index (κ1) is 16.0. The summed E-state index contributed by atoms with van der Waals surface area (Å²) in [7, 11) is 1.54. The average molecular weight is 335 g/mol. The van der Waals surface area contributed by atoms with Gasteiger partial charge >= 0.3 is 0 Å². The number of hydrogen-bond donors (Lipinski definition) is 0. The molecule has 1 saturated heterocycles. The summed E-state index contributed by atoms with van der Waals surface area (Å²) in [5, 5.41) is 4.90. The maximum absolute atomic E-state index is 12.4. The van der Waals surface area contributed by atoms with E-state index in [2.05, 4.69) is 17.1 Å². The Balaban J connectivity index is 1.54. The van der Waals surface area contributed by atoms with Crippen molar-refractivity contribution in [2.45, 2.75) is 38.5 Å². The number of thiazole rings is 1. The third-order valence-corrected chi connectivity index (χ3v) is 5.17. The summed E-state index contributed by atoms with van der Waals surface area (Å²) in [5.74, 6) is 1.67. The number of amides is 1. The van der Waals surface area contributed by atoms with Gasteiger partial charge in [-0.25, -0.2) is 4.98 Å². The third kappa shape index (κ3) is 3.90. The first-order valence-corrected chi connectivity index (χ1v) is 8.67. The highest BCUT2D eigenvalue weighted by Crippen LogP contribution is 2.30. The molecule has 0 unspecified atom stereocenters. The number of hydrogen-bond acceptors (Lipinski definition) is 6. The van der Waals surface area contributed by atoms with Crippen molar-refractivity contribution in [3.63, 3.8) is 0 Å². The molecule has 3 rings (SSSR count). The molecule has 1 amide bonds. The SMILES string of the molecule is COc1cc(CCC(=O)N2CCC[C@@H](c3ncc(C)s3)C2)on1. The first-order chi connectivity index (χ1) is 11.2. The quantitative estimate of drug-likeness (QED) is 0.840. The minimum Gasteiger partial charge on any atom is -0.479 e. The van der Waals surface area contributed by atoms with Gasteiger partial charge in [-0.3, -0.25) is 4.79 Å². The van der Waals surface area contributed by atoms with Gasteiger partial charge in [0.2, 0.25) is 5.91 Å². The van der Waals surface area contributed by atoms with Crippen LogP contribution in [-0.4, -0.2) is 41.1 Å². The first-order valence-electron chi connectivity index (χ1n) is 7.85. The molecule has 1 aliphatic rings. The van der Waals surface area contributed by atoms with Crippen molar-refractivity contribution in [3.8, 4) is 5.88 Å². The van der Waals surface area contributed by atoms with Gasteiger partial charge < -0.3 is 14.2 Å². The largest absolute Gasteiger partial charge is 0.479 e. The van der Waals surface area contributed by atoms with E-state index in [4.69, 9.17) is 9.26 Å². The Hall–Kier alpha value is -1.89. The molecule has 7 heteroatoms. The van der Waals surface area contributed by atoms with Gasteiger partial charge in [-0.15, -0.1) is 11.3 Å². The van der Waals surface area contributed by atoms with Gasteiger partial charge in [0.1, 0.15) is 5.76 Å². The molecule has 0 saturated carbocycles. The standard InChI is InChI=1S/C16H21N3O3S/c1-11-9-17-16(23-11)12-4-3-7-19(10-12)15(20)6-5-13-8-14(21-2)18-22-13/h8-9,12H,3-7,10H2,1-2H3/t12-/m1/s1. The van der Waals surface area contributed by atoms with Gasteiger partial charge in [0.05, 0.1) is 12.1 Å². The second-order valence-electron chi connectivity index (χ2n) is 5.82. The normalized spacial score (nSPS) is 18.2. The molecule has 6 nitrogen and oxygen atoms in total. The molecule has 2 aromatic heterocycles. The Morgan fingerprint density at radius 3 is 3.13 bits per heavy atom. The second kappa shape index (κ2) is 7.12. The van der Waals surface area contributed by atoms with Gasteiger partial charge in [0.25, 0.3) is 5.88 Å². The highest BCUT2D eigenvalue weighted by atomic mass is 32.1. The number of piperidine rings is 1.